The van der Waals surface area contributed by atoms with Gasteiger partial charge in [0, 0.05) is 31.5 Å². The molecule has 0 spiro atoms. The number of hydrogen-bond acceptors (Lipinski definition) is 4. The van der Waals surface area contributed by atoms with Crippen molar-refractivity contribution in [2.24, 2.45) is 0 Å². The molecule has 2 saturated heterocycles. The van der Waals surface area contributed by atoms with Crippen LogP contribution < -0.4 is 4.74 Å². The van der Waals surface area contributed by atoms with E-state index in [0.29, 0.717) is 31.8 Å². The zero-order chi connectivity index (χ0) is 13.2. The summed E-state index contributed by atoms with van der Waals surface area (Å²) in [6.45, 7) is 2.24. The molecular weight excluding hydrogens is 242 g/mol. The third-order valence-electron chi connectivity index (χ3n) is 4.01. The maximum atomic E-state index is 11.7. The van der Waals surface area contributed by atoms with Crippen LogP contribution >= 0.6 is 0 Å². The van der Waals surface area contributed by atoms with Gasteiger partial charge < -0.3 is 9.47 Å². The Morgan fingerprint density at radius 1 is 1.21 bits per heavy atom. The number of fused-ring (bicyclic) bond motifs is 2. The smallest absolute Gasteiger partial charge is 0.136 e. The van der Waals surface area contributed by atoms with Crippen molar-refractivity contribution in [3.8, 4) is 5.75 Å². The van der Waals surface area contributed by atoms with Gasteiger partial charge in [-0.15, -0.1) is 0 Å². The normalized spacial score (nSPS) is 27.3. The van der Waals surface area contributed by atoms with Crippen LogP contribution in [0, 0.1) is 0 Å². The highest BCUT2D eigenvalue weighted by Crippen LogP contribution is 2.27. The molecule has 2 atom stereocenters. The van der Waals surface area contributed by atoms with Gasteiger partial charge >= 0.3 is 0 Å². The number of methoxy groups -OCH3 is 1. The Labute approximate surface area is 113 Å². The summed E-state index contributed by atoms with van der Waals surface area (Å²) < 4.78 is 10.7. The molecule has 102 valence electrons. The van der Waals surface area contributed by atoms with Crippen LogP contribution in [0.25, 0.3) is 0 Å². The molecule has 0 amide bonds. The molecule has 19 heavy (non-hydrogen) atoms. The van der Waals surface area contributed by atoms with Gasteiger partial charge in [0.15, 0.2) is 0 Å². The molecule has 4 heteroatoms. The number of carbonyl (C=O) groups excluding carboxylic acids is 1. The standard InChI is InChI=1S/C15H19NO3/c1-18-15-4-2-11(3-5-15)8-16-12-6-14(17)7-13(16)10-19-9-12/h2-5,12-13H,6-10H2,1H3. The molecule has 4 nitrogen and oxygen atoms in total. The first-order valence-electron chi connectivity index (χ1n) is 6.74. The summed E-state index contributed by atoms with van der Waals surface area (Å²) in [5, 5.41) is 0. The number of ether oxygens (including phenoxy) is 2. The molecule has 2 bridgehead atoms. The Bertz CT molecular complexity index is 441. The topological polar surface area (TPSA) is 38.8 Å². The average Bonchev–Trinajstić information content (AvgIpc) is 2.41. The van der Waals surface area contributed by atoms with E-state index in [0.717, 1.165) is 12.3 Å². The number of ketones is 1. The highest BCUT2D eigenvalue weighted by atomic mass is 16.5. The predicted molar refractivity (Wildman–Crippen MR) is 71.2 cm³/mol. The predicted octanol–water partition coefficient (Wildman–Crippen LogP) is 1.63. The quantitative estimate of drug-likeness (QED) is 0.829. The van der Waals surface area contributed by atoms with E-state index in [4.69, 9.17) is 9.47 Å². The van der Waals surface area contributed by atoms with Gasteiger partial charge in [-0.1, -0.05) is 12.1 Å². The van der Waals surface area contributed by atoms with Crippen LogP contribution in [0.1, 0.15) is 18.4 Å². The fraction of sp³-hybridized carbons (Fsp3) is 0.533. The minimum absolute atomic E-state index is 0.252. The zero-order valence-electron chi connectivity index (χ0n) is 11.2. The highest BCUT2D eigenvalue weighted by molar-refractivity contribution is 5.80. The SMILES string of the molecule is COc1ccc(CN2C3COCC2CC(=O)C3)cc1. The lowest BCUT2D eigenvalue weighted by molar-refractivity contribution is -0.136. The number of carbonyl (C=O) groups is 1. The maximum Gasteiger partial charge on any atom is 0.136 e. The lowest BCUT2D eigenvalue weighted by Crippen LogP contribution is -2.56. The number of nitrogens with zero attached hydrogens (tertiary/aromatic N) is 1. The first-order valence-corrected chi connectivity index (χ1v) is 6.74. The van der Waals surface area contributed by atoms with Crippen molar-refractivity contribution < 1.29 is 14.3 Å². The fourth-order valence-electron chi connectivity index (χ4n) is 2.99. The minimum atomic E-state index is 0.252. The Morgan fingerprint density at radius 3 is 2.42 bits per heavy atom. The van der Waals surface area contributed by atoms with E-state index >= 15 is 0 Å². The van der Waals surface area contributed by atoms with Crippen molar-refractivity contribution in [3.63, 3.8) is 0 Å². The second kappa shape index (κ2) is 5.31. The van der Waals surface area contributed by atoms with Crippen LogP contribution in [0.2, 0.25) is 0 Å². The van der Waals surface area contributed by atoms with Gasteiger partial charge in [0.05, 0.1) is 20.3 Å². The van der Waals surface area contributed by atoms with Crippen molar-refractivity contribution >= 4 is 5.78 Å². The average molecular weight is 261 g/mol. The van der Waals surface area contributed by atoms with E-state index < -0.39 is 0 Å². The molecule has 2 heterocycles. The molecule has 1 aromatic carbocycles. The maximum absolute atomic E-state index is 11.7. The van der Waals surface area contributed by atoms with Gasteiger partial charge in [-0.3, -0.25) is 9.69 Å². The Kier molecular flexibility index (Phi) is 3.53. The van der Waals surface area contributed by atoms with Crippen molar-refractivity contribution in [1.29, 1.82) is 0 Å². The molecule has 0 aliphatic carbocycles. The second-order valence-electron chi connectivity index (χ2n) is 5.31. The molecule has 0 aromatic heterocycles. The number of hydrogen-bond donors (Lipinski definition) is 0. The van der Waals surface area contributed by atoms with Crippen molar-refractivity contribution in [3.05, 3.63) is 29.8 Å². The third-order valence-corrected chi connectivity index (χ3v) is 4.01. The van der Waals surface area contributed by atoms with E-state index in [1.54, 1.807) is 7.11 Å². The van der Waals surface area contributed by atoms with Crippen LogP contribution in [0.15, 0.2) is 24.3 Å². The Hall–Kier alpha value is -1.39. The Morgan fingerprint density at radius 2 is 1.84 bits per heavy atom. The molecular formula is C15H19NO3. The number of Topliss-reactive ketones (excluding diaryl/α,β-unsaturated/α-hetero) is 1. The lowest BCUT2D eigenvalue weighted by atomic mass is 9.92. The van der Waals surface area contributed by atoms with E-state index in [2.05, 4.69) is 17.0 Å². The van der Waals surface area contributed by atoms with E-state index in [9.17, 15) is 4.79 Å². The van der Waals surface area contributed by atoms with Gasteiger partial charge in [-0.05, 0) is 17.7 Å². The van der Waals surface area contributed by atoms with Crippen LogP contribution in [-0.4, -0.2) is 43.1 Å². The first kappa shape index (κ1) is 12.6. The fourth-order valence-corrected chi connectivity index (χ4v) is 2.99. The molecule has 2 aliphatic heterocycles. The van der Waals surface area contributed by atoms with E-state index in [-0.39, 0.29) is 12.1 Å². The highest BCUT2D eigenvalue weighted by Gasteiger charge is 2.37. The molecule has 0 N–H and O–H groups in total. The molecule has 0 saturated carbocycles. The van der Waals surface area contributed by atoms with Crippen molar-refractivity contribution in [2.45, 2.75) is 31.5 Å². The summed E-state index contributed by atoms with van der Waals surface area (Å²) in [5.41, 5.74) is 1.26. The van der Waals surface area contributed by atoms with Crippen LogP contribution in [0.3, 0.4) is 0 Å². The molecule has 2 fully saturated rings. The number of piperidine rings is 1. The first-order chi connectivity index (χ1) is 9.26. The third kappa shape index (κ3) is 2.65. The summed E-state index contributed by atoms with van der Waals surface area (Å²) >= 11 is 0. The van der Waals surface area contributed by atoms with Gasteiger partial charge in [0.1, 0.15) is 11.5 Å². The van der Waals surface area contributed by atoms with Crippen molar-refractivity contribution in [2.75, 3.05) is 20.3 Å². The minimum Gasteiger partial charge on any atom is -0.497 e. The summed E-state index contributed by atoms with van der Waals surface area (Å²) in [7, 11) is 1.67. The van der Waals surface area contributed by atoms with Crippen LogP contribution in [0.4, 0.5) is 0 Å². The molecule has 2 unspecified atom stereocenters. The monoisotopic (exact) mass is 261 g/mol. The zero-order valence-corrected chi connectivity index (χ0v) is 11.2. The van der Waals surface area contributed by atoms with Gasteiger partial charge in [0.2, 0.25) is 0 Å². The van der Waals surface area contributed by atoms with Gasteiger partial charge in [-0.25, -0.2) is 0 Å². The number of rotatable bonds is 3. The summed E-state index contributed by atoms with van der Waals surface area (Å²) in [6.07, 6.45) is 1.26. The molecule has 2 aliphatic rings. The molecule has 1 aromatic rings. The summed E-state index contributed by atoms with van der Waals surface area (Å²) in [4.78, 5) is 14.1. The van der Waals surface area contributed by atoms with Gasteiger partial charge in [0.25, 0.3) is 0 Å². The second-order valence-corrected chi connectivity index (χ2v) is 5.31. The summed E-state index contributed by atoms with van der Waals surface area (Å²) in [5.74, 6) is 1.25. The number of benzene rings is 1. The molecule has 0 radical (unpaired) electrons. The van der Waals surface area contributed by atoms with E-state index in [1.165, 1.54) is 5.56 Å². The van der Waals surface area contributed by atoms with Gasteiger partial charge in [-0.2, -0.15) is 0 Å². The van der Waals surface area contributed by atoms with Crippen LogP contribution in [0.5, 0.6) is 5.75 Å². The van der Waals surface area contributed by atoms with E-state index in [1.807, 2.05) is 12.1 Å². The van der Waals surface area contributed by atoms with Crippen LogP contribution in [-0.2, 0) is 16.1 Å². The largest absolute Gasteiger partial charge is 0.497 e. The molecule has 3 rings (SSSR count). The Balaban J connectivity index is 1.72. The lowest BCUT2D eigenvalue weighted by Gasteiger charge is -2.45. The number of morpholine rings is 1. The van der Waals surface area contributed by atoms with Crippen molar-refractivity contribution in [1.82, 2.24) is 4.90 Å². The summed E-state index contributed by atoms with van der Waals surface area (Å²) in [6, 6.07) is 8.65.